The minimum atomic E-state index is -1.03. The van der Waals surface area contributed by atoms with E-state index in [1.165, 1.54) is 10.9 Å². The van der Waals surface area contributed by atoms with Crippen LogP contribution < -0.4 is 5.32 Å². The molecule has 2 N–H and O–H groups in total. The van der Waals surface area contributed by atoms with Gasteiger partial charge in [0.05, 0.1) is 11.9 Å². The summed E-state index contributed by atoms with van der Waals surface area (Å²) in [6.45, 7) is 6.28. The van der Waals surface area contributed by atoms with Gasteiger partial charge in [-0.15, -0.1) is 0 Å². The van der Waals surface area contributed by atoms with Gasteiger partial charge in [0.15, 0.2) is 0 Å². The topological polar surface area (TPSA) is 84.2 Å². The standard InChI is InChI=1S/C11H17N3O3/c1-7(2)4-12-10(15)6-14-8(3)9(5-13-14)11(16)17/h5,7H,4,6H2,1-3H3,(H,12,15)(H,16,17). The second-order valence-electron chi connectivity index (χ2n) is 4.30. The molecule has 1 amide bonds. The number of aromatic nitrogens is 2. The van der Waals surface area contributed by atoms with Crippen LogP contribution in [0.15, 0.2) is 6.20 Å². The maximum absolute atomic E-state index is 11.5. The quantitative estimate of drug-likeness (QED) is 0.790. The molecule has 0 aromatic carbocycles. The second-order valence-corrected chi connectivity index (χ2v) is 4.30. The van der Waals surface area contributed by atoms with E-state index in [9.17, 15) is 9.59 Å². The van der Waals surface area contributed by atoms with E-state index in [0.29, 0.717) is 18.2 Å². The van der Waals surface area contributed by atoms with Crippen molar-refractivity contribution in [3.05, 3.63) is 17.5 Å². The maximum atomic E-state index is 11.5. The molecule has 0 fully saturated rings. The largest absolute Gasteiger partial charge is 0.478 e. The molecule has 6 heteroatoms. The average molecular weight is 239 g/mol. The van der Waals surface area contributed by atoms with Gasteiger partial charge in [-0.2, -0.15) is 5.10 Å². The van der Waals surface area contributed by atoms with Crippen LogP contribution in [0.5, 0.6) is 0 Å². The maximum Gasteiger partial charge on any atom is 0.339 e. The van der Waals surface area contributed by atoms with Crippen molar-refractivity contribution in [3.63, 3.8) is 0 Å². The molecule has 1 heterocycles. The van der Waals surface area contributed by atoms with Gasteiger partial charge in [0, 0.05) is 6.54 Å². The van der Waals surface area contributed by atoms with Gasteiger partial charge < -0.3 is 10.4 Å². The first-order valence-corrected chi connectivity index (χ1v) is 5.44. The zero-order chi connectivity index (χ0) is 13.0. The fourth-order valence-corrected chi connectivity index (χ4v) is 1.33. The molecule has 0 saturated heterocycles. The summed E-state index contributed by atoms with van der Waals surface area (Å²) in [5.41, 5.74) is 0.610. The highest BCUT2D eigenvalue weighted by atomic mass is 16.4. The average Bonchev–Trinajstić information content (AvgIpc) is 2.58. The van der Waals surface area contributed by atoms with E-state index in [1.54, 1.807) is 6.92 Å². The number of nitrogens with one attached hydrogen (secondary N) is 1. The van der Waals surface area contributed by atoms with Crippen LogP contribution in [0.3, 0.4) is 0 Å². The van der Waals surface area contributed by atoms with Crippen molar-refractivity contribution in [2.24, 2.45) is 5.92 Å². The highest BCUT2D eigenvalue weighted by Crippen LogP contribution is 2.06. The fraction of sp³-hybridized carbons (Fsp3) is 0.545. The third kappa shape index (κ3) is 3.58. The van der Waals surface area contributed by atoms with Crippen LogP contribution in [0.4, 0.5) is 0 Å². The Morgan fingerprint density at radius 1 is 1.53 bits per heavy atom. The molecular weight excluding hydrogens is 222 g/mol. The molecular formula is C11H17N3O3. The first-order valence-electron chi connectivity index (χ1n) is 5.44. The van der Waals surface area contributed by atoms with E-state index < -0.39 is 5.97 Å². The van der Waals surface area contributed by atoms with Gasteiger partial charge >= 0.3 is 5.97 Å². The van der Waals surface area contributed by atoms with Crippen LogP contribution >= 0.6 is 0 Å². The van der Waals surface area contributed by atoms with Gasteiger partial charge in [0.2, 0.25) is 5.91 Å². The van der Waals surface area contributed by atoms with Crippen LogP contribution in [-0.2, 0) is 11.3 Å². The lowest BCUT2D eigenvalue weighted by atomic mass is 10.2. The molecule has 17 heavy (non-hydrogen) atoms. The number of hydrogen-bond donors (Lipinski definition) is 2. The van der Waals surface area contributed by atoms with Crippen molar-refractivity contribution in [2.45, 2.75) is 27.3 Å². The number of carbonyl (C=O) groups excluding carboxylic acids is 1. The molecule has 94 valence electrons. The van der Waals surface area contributed by atoms with E-state index in [4.69, 9.17) is 5.11 Å². The summed E-state index contributed by atoms with van der Waals surface area (Å²) in [5, 5.41) is 15.5. The Labute approximate surface area is 99.6 Å². The number of carbonyl (C=O) groups is 2. The Balaban J connectivity index is 2.63. The summed E-state index contributed by atoms with van der Waals surface area (Å²) in [6, 6.07) is 0. The van der Waals surface area contributed by atoms with Crippen molar-refractivity contribution >= 4 is 11.9 Å². The lowest BCUT2D eigenvalue weighted by molar-refractivity contribution is -0.122. The zero-order valence-electron chi connectivity index (χ0n) is 10.2. The summed E-state index contributed by atoms with van der Waals surface area (Å²) < 4.78 is 1.39. The Bertz CT molecular complexity index is 424. The van der Waals surface area contributed by atoms with Gasteiger partial charge in [-0.25, -0.2) is 4.79 Å². The number of carboxylic acid groups (broad SMARTS) is 1. The summed E-state index contributed by atoms with van der Waals surface area (Å²) in [6.07, 6.45) is 1.26. The molecule has 1 aromatic heterocycles. The first-order chi connectivity index (χ1) is 7.91. The number of hydrogen-bond acceptors (Lipinski definition) is 3. The third-order valence-electron chi connectivity index (χ3n) is 2.33. The van der Waals surface area contributed by atoms with Crippen LogP contribution in [0.1, 0.15) is 29.9 Å². The Hall–Kier alpha value is -1.85. The van der Waals surface area contributed by atoms with E-state index >= 15 is 0 Å². The lowest BCUT2D eigenvalue weighted by Gasteiger charge is -2.08. The van der Waals surface area contributed by atoms with Crippen LogP contribution in [-0.4, -0.2) is 33.3 Å². The first kappa shape index (κ1) is 13.2. The van der Waals surface area contributed by atoms with Gasteiger partial charge in [0.25, 0.3) is 0 Å². The Morgan fingerprint density at radius 3 is 2.65 bits per heavy atom. The van der Waals surface area contributed by atoms with E-state index in [-0.39, 0.29) is 18.0 Å². The number of carboxylic acids is 1. The molecule has 0 unspecified atom stereocenters. The van der Waals surface area contributed by atoms with Gasteiger partial charge in [-0.3, -0.25) is 9.48 Å². The predicted octanol–water partition coefficient (Wildman–Crippen LogP) is 0.662. The van der Waals surface area contributed by atoms with Crippen molar-refractivity contribution in [2.75, 3.05) is 6.54 Å². The molecule has 6 nitrogen and oxygen atoms in total. The smallest absolute Gasteiger partial charge is 0.339 e. The normalized spacial score (nSPS) is 10.6. The third-order valence-corrected chi connectivity index (χ3v) is 2.33. The lowest BCUT2D eigenvalue weighted by Crippen LogP contribution is -2.31. The minimum Gasteiger partial charge on any atom is -0.478 e. The molecule has 0 saturated carbocycles. The summed E-state index contributed by atoms with van der Waals surface area (Å²) >= 11 is 0. The number of nitrogens with zero attached hydrogens (tertiary/aromatic N) is 2. The van der Waals surface area contributed by atoms with Crippen molar-refractivity contribution in [1.82, 2.24) is 15.1 Å². The molecule has 0 radical (unpaired) electrons. The fourth-order valence-electron chi connectivity index (χ4n) is 1.33. The van der Waals surface area contributed by atoms with E-state index in [2.05, 4.69) is 10.4 Å². The predicted molar refractivity (Wildman–Crippen MR) is 61.8 cm³/mol. The molecule has 1 rings (SSSR count). The molecule has 0 spiro atoms. The van der Waals surface area contributed by atoms with E-state index in [1.807, 2.05) is 13.8 Å². The van der Waals surface area contributed by atoms with Crippen LogP contribution in [0.2, 0.25) is 0 Å². The second kappa shape index (κ2) is 5.47. The summed E-state index contributed by atoms with van der Waals surface area (Å²) in [4.78, 5) is 22.3. The van der Waals surface area contributed by atoms with Crippen molar-refractivity contribution in [1.29, 1.82) is 0 Å². The number of rotatable bonds is 5. The molecule has 0 atom stereocenters. The number of amides is 1. The summed E-state index contributed by atoms with van der Waals surface area (Å²) in [7, 11) is 0. The van der Waals surface area contributed by atoms with Gasteiger partial charge in [-0.05, 0) is 12.8 Å². The highest BCUT2D eigenvalue weighted by molar-refractivity contribution is 5.88. The highest BCUT2D eigenvalue weighted by Gasteiger charge is 2.14. The number of aromatic carboxylic acids is 1. The molecule has 0 bridgehead atoms. The van der Waals surface area contributed by atoms with Crippen LogP contribution in [0.25, 0.3) is 0 Å². The zero-order valence-corrected chi connectivity index (χ0v) is 10.2. The molecule has 0 aliphatic carbocycles. The van der Waals surface area contributed by atoms with Gasteiger partial charge in [0.1, 0.15) is 12.1 Å². The Kier molecular flexibility index (Phi) is 4.25. The molecule has 0 aliphatic rings. The van der Waals surface area contributed by atoms with Crippen LogP contribution in [0, 0.1) is 12.8 Å². The van der Waals surface area contributed by atoms with Gasteiger partial charge in [-0.1, -0.05) is 13.8 Å². The SMILES string of the molecule is Cc1c(C(=O)O)cnn1CC(=O)NCC(C)C. The molecule has 0 aliphatic heterocycles. The van der Waals surface area contributed by atoms with E-state index in [0.717, 1.165) is 0 Å². The summed E-state index contributed by atoms with van der Waals surface area (Å²) in [5.74, 6) is -0.814. The monoisotopic (exact) mass is 239 g/mol. The van der Waals surface area contributed by atoms with Crippen molar-refractivity contribution in [3.8, 4) is 0 Å². The Morgan fingerprint density at radius 2 is 2.18 bits per heavy atom. The van der Waals surface area contributed by atoms with Crippen molar-refractivity contribution < 1.29 is 14.7 Å². The molecule has 1 aromatic rings. The minimum absolute atomic E-state index is 0.0475.